The molecular weight excluding hydrogens is 216 g/mol. The van der Waals surface area contributed by atoms with Gasteiger partial charge < -0.3 is 15.4 Å². The zero-order valence-electron chi connectivity index (χ0n) is 10.5. The first-order valence-electron chi connectivity index (χ1n) is 6.93. The van der Waals surface area contributed by atoms with Gasteiger partial charge in [0.15, 0.2) is 0 Å². The second-order valence-electron chi connectivity index (χ2n) is 5.21. The maximum atomic E-state index is 11.7. The van der Waals surface area contributed by atoms with Crippen LogP contribution in [0.4, 0.5) is 0 Å². The summed E-state index contributed by atoms with van der Waals surface area (Å²) in [6.45, 7) is 3.29. The van der Waals surface area contributed by atoms with Crippen LogP contribution in [0.1, 0.15) is 38.5 Å². The predicted octanol–water partition coefficient (Wildman–Crippen LogP) is 1.06. The fourth-order valence-corrected chi connectivity index (χ4v) is 2.68. The van der Waals surface area contributed by atoms with Gasteiger partial charge in [0.25, 0.3) is 0 Å². The van der Waals surface area contributed by atoms with E-state index in [1.807, 2.05) is 0 Å². The monoisotopic (exact) mass is 240 g/mol. The number of morpholine rings is 1. The second kappa shape index (κ2) is 6.97. The molecule has 1 amide bonds. The van der Waals surface area contributed by atoms with Crippen molar-refractivity contribution in [3.05, 3.63) is 0 Å². The summed E-state index contributed by atoms with van der Waals surface area (Å²) in [6.07, 6.45) is 7.15. The van der Waals surface area contributed by atoms with Gasteiger partial charge in [-0.1, -0.05) is 19.3 Å². The molecular formula is C13H24N2O2. The van der Waals surface area contributed by atoms with E-state index in [0.717, 1.165) is 26.2 Å². The van der Waals surface area contributed by atoms with Crippen LogP contribution in [0.3, 0.4) is 0 Å². The van der Waals surface area contributed by atoms with Crippen molar-refractivity contribution in [2.75, 3.05) is 26.2 Å². The fraction of sp³-hybridized carbons (Fsp3) is 0.923. The fourth-order valence-electron chi connectivity index (χ4n) is 2.68. The Hall–Kier alpha value is -0.610. The van der Waals surface area contributed by atoms with Crippen molar-refractivity contribution in [1.82, 2.24) is 10.6 Å². The Kier molecular flexibility index (Phi) is 5.26. The Morgan fingerprint density at radius 3 is 2.82 bits per heavy atom. The summed E-state index contributed by atoms with van der Waals surface area (Å²) in [4.78, 5) is 11.7. The van der Waals surface area contributed by atoms with Crippen LogP contribution in [-0.4, -0.2) is 38.3 Å². The molecule has 0 radical (unpaired) electrons. The van der Waals surface area contributed by atoms with Crippen molar-refractivity contribution < 1.29 is 9.53 Å². The summed E-state index contributed by atoms with van der Waals surface area (Å²) in [6, 6.07) is 0. The van der Waals surface area contributed by atoms with Crippen LogP contribution in [0, 0.1) is 5.92 Å². The van der Waals surface area contributed by atoms with E-state index in [1.165, 1.54) is 32.1 Å². The van der Waals surface area contributed by atoms with Gasteiger partial charge in [-0.15, -0.1) is 0 Å². The van der Waals surface area contributed by atoms with Gasteiger partial charge in [0, 0.05) is 19.6 Å². The molecule has 1 unspecified atom stereocenters. The van der Waals surface area contributed by atoms with Crippen LogP contribution >= 0.6 is 0 Å². The molecule has 2 rings (SSSR count). The first-order valence-corrected chi connectivity index (χ1v) is 6.93. The average Bonchev–Trinajstić information content (AvgIpc) is 2.39. The molecule has 4 heteroatoms. The van der Waals surface area contributed by atoms with Crippen molar-refractivity contribution in [3.8, 4) is 0 Å². The molecule has 0 bridgehead atoms. The van der Waals surface area contributed by atoms with Crippen molar-refractivity contribution >= 4 is 5.91 Å². The molecule has 1 aliphatic heterocycles. The minimum Gasteiger partial charge on any atom is -0.375 e. The molecule has 2 fully saturated rings. The first kappa shape index (κ1) is 12.8. The van der Waals surface area contributed by atoms with Crippen LogP contribution in [0.25, 0.3) is 0 Å². The number of hydrogen-bond acceptors (Lipinski definition) is 3. The third-order valence-corrected chi connectivity index (χ3v) is 3.73. The lowest BCUT2D eigenvalue weighted by atomic mass is 9.89. The van der Waals surface area contributed by atoms with Crippen LogP contribution < -0.4 is 10.6 Å². The largest absolute Gasteiger partial charge is 0.375 e. The summed E-state index contributed by atoms with van der Waals surface area (Å²) in [7, 11) is 0. The van der Waals surface area contributed by atoms with E-state index in [1.54, 1.807) is 0 Å². The topological polar surface area (TPSA) is 50.4 Å². The van der Waals surface area contributed by atoms with Crippen LogP contribution in [0.15, 0.2) is 0 Å². The van der Waals surface area contributed by atoms with Gasteiger partial charge in [0.05, 0.1) is 19.1 Å². The van der Waals surface area contributed by atoms with E-state index in [4.69, 9.17) is 4.74 Å². The number of rotatable bonds is 4. The number of ether oxygens (including phenoxy) is 1. The number of nitrogens with one attached hydrogen (secondary N) is 2. The lowest BCUT2D eigenvalue weighted by Crippen LogP contribution is -2.42. The highest BCUT2D eigenvalue weighted by Crippen LogP contribution is 2.22. The lowest BCUT2D eigenvalue weighted by molar-refractivity contribution is -0.124. The predicted molar refractivity (Wildman–Crippen MR) is 66.8 cm³/mol. The van der Waals surface area contributed by atoms with Gasteiger partial charge >= 0.3 is 0 Å². The van der Waals surface area contributed by atoms with Gasteiger partial charge in [-0.05, 0) is 18.8 Å². The van der Waals surface area contributed by atoms with Crippen LogP contribution in [-0.2, 0) is 9.53 Å². The van der Waals surface area contributed by atoms with Crippen LogP contribution in [0.2, 0.25) is 0 Å². The van der Waals surface area contributed by atoms with Gasteiger partial charge in [0.1, 0.15) is 0 Å². The van der Waals surface area contributed by atoms with Gasteiger partial charge in [0.2, 0.25) is 5.91 Å². The minimum absolute atomic E-state index is 0.0649. The van der Waals surface area contributed by atoms with E-state index in [9.17, 15) is 4.79 Å². The van der Waals surface area contributed by atoms with Crippen LogP contribution in [0.5, 0.6) is 0 Å². The maximum absolute atomic E-state index is 11.7. The van der Waals surface area contributed by atoms with Crippen molar-refractivity contribution in [1.29, 1.82) is 0 Å². The molecule has 17 heavy (non-hydrogen) atoms. The highest BCUT2D eigenvalue weighted by molar-refractivity contribution is 5.76. The summed E-state index contributed by atoms with van der Waals surface area (Å²) in [5.41, 5.74) is 0. The highest BCUT2D eigenvalue weighted by atomic mass is 16.5. The Morgan fingerprint density at radius 1 is 1.29 bits per heavy atom. The molecule has 2 aliphatic rings. The molecule has 1 aliphatic carbocycles. The zero-order chi connectivity index (χ0) is 11.9. The molecule has 98 valence electrons. The molecule has 2 N–H and O–H groups in total. The molecule has 1 heterocycles. The quantitative estimate of drug-likeness (QED) is 0.772. The summed E-state index contributed by atoms with van der Waals surface area (Å²) in [5, 5.41) is 6.29. The summed E-state index contributed by atoms with van der Waals surface area (Å²) < 4.78 is 5.52. The Bertz CT molecular complexity index is 234. The number of amides is 1. The van der Waals surface area contributed by atoms with E-state index in [0.29, 0.717) is 12.3 Å². The molecule has 1 saturated carbocycles. The standard InChI is InChI=1S/C13H24N2O2/c16-13(8-12-10-14-6-7-17-12)15-9-11-4-2-1-3-5-11/h11-12,14H,1-10H2,(H,15,16). The molecule has 0 spiro atoms. The maximum Gasteiger partial charge on any atom is 0.222 e. The number of hydrogen-bond donors (Lipinski definition) is 2. The third kappa shape index (κ3) is 4.64. The summed E-state index contributed by atoms with van der Waals surface area (Å²) >= 11 is 0. The van der Waals surface area contributed by atoms with E-state index < -0.39 is 0 Å². The first-order chi connectivity index (χ1) is 8.34. The number of carbonyl (C=O) groups is 1. The Balaban J connectivity index is 1.59. The van der Waals surface area contributed by atoms with E-state index in [-0.39, 0.29) is 12.0 Å². The Labute approximate surface area is 103 Å². The van der Waals surface area contributed by atoms with Gasteiger partial charge in [-0.25, -0.2) is 0 Å². The van der Waals surface area contributed by atoms with Crippen molar-refractivity contribution in [3.63, 3.8) is 0 Å². The molecule has 0 aromatic heterocycles. The molecule has 4 nitrogen and oxygen atoms in total. The lowest BCUT2D eigenvalue weighted by Gasteiger charge is -2.24. The smallest absolute Gasteiger partial charge is 0.222 e. The normalized spacial score (nSPS) is 26.7. The van der Waals surface area contributed by atoms with E-state index >= 15 is 0 Å². The van der Waals surface area contributed by atoms with Gasteiger partial charge in [-0.3, -0.25) is 4.79 Å². The second-order valence-corrected chi connectivity index (χ2v) is 5.21. The molecule has 1 saturated heterocycles. The summed E-state index contributed by atoms with van der Waals surface area (Å²) in [5.74, 6) is 0.849. The van der Waals surface area contributed by atoms with E-state index in [2.05, 4.69) is 10.6 Å². The third-order valence-electron chi connectivity index (χ3n) is 3.73. The van der Waals surface area contributed by atoms with Gasteiger partial charge in [-0.2, -0.15) is 0 Å². The van der Waals surface area contributed by atoms with Crippen molar-refractivity contribution in [2.45, 2.75) is 44.6 Å². The Morgan fingerprint density at radius 2 is 2.12 bits per heavy atom. The average molecular weight is 240 g/mol. The zero-order valence-corrected chi connectivity index (χ0v) is 10.5. The molecule has 1 atom stereocenters. The number of carbonyl (C=O) groups excluding carboxylic acids is 1. The highest BCUT2D eigenvalue weighted by Gasteiger charge is 2.18. The minimum atomic E-state index is 0.0649. The molecule has 0 aromatic carbocycles. The molecule has 0 aromatic rings. The SMILES string of the molecule is O=C(CC1CNCCO1)NCC1CCCCC1. The van der Waals surface area contributed by atoms with Crippen molar-refractivity contribution in [2.24, 2.45) is 5.92 Å².